The number of rotatable bonds is 7. The number of ether oxygens (including phenoxy) is 1. The number of ketones is 1. The van der Waals surface area contributed by atoms with E-state index in [0.717, 1.165) is 34.2 Å². The van der Waals surface area contributed by atoms with Gasteiger partial charge in [0.25, 0.3) is 0 Å². The lowest BCUT2D eigenvalue weighted by atomic mass is 9.89. The van der Waals surface area contributed by atoms with Gasteiger partial charge in [0, 0.05) is 17.7 Å². The molecule has 4 aromatic carbocycles. The number of phenolic OH excluding ortho intramolecular Hbond substituents is 1. The number of benzene rings is 4. The molecule has 0 aromatic heterocycles. The van der Waals surface area contributed by atoms with Crippen LogP contribution in [0.15, 0.2) is 84.9 Å². The molecular weight excluding hydrogens is 386 g/mol. The monoisotopic (exact) mass is 411 g/mol. The molecule has 1 N–H and O–H groups in total. The molecule has 0 atom stereocenters. The van der Waals surface area contributed by atoms with Crippen LogP contribution in [0.25, 0.3) is 21.9 Å². The summed E-state index contributed by atoms with van der Waals surface area (Å²) in [5.74, 6) is 0.858. The molecule has 0 bridgehead atoms. The molecule has 156 valence electrons. The molecule has 0 spiro atoms. The Morgan fingerprint density at radius 1 is 0.903 bits per heavy atom. The van der Waals surface area contributed by atoms with Crippen molar-refractivity contribution in [1.82, 2.24) is 4.90 Å². The van der Waals surface area contributed by atoms with E-state index in [4.69, 9.17) is 4.74 Å². The fourth-order valence-electron chi connectivity index (χ4n) is 3.61. The fraction of sp³-hybridized carbons (Fsp3) is 0.148. The lowest BCUT2D eigenvalue weighted by Crippen LogP contribution is -2.19. The molecule has 4 aromatic rings. The molecule has 0 radical (unpaired) electrons. The third-order valence-electron chi connectivity index (χ3n) is 5.24. The van der Waals surface area contributed by atoms with Crippen LogP contribution in [-0.4, -0.2) is 43.0 Å². The van der Waals surface area contributed by atoms with Crippen molar-refractivity contribution >= 4 is 16.6 Å². The van der Waals surface area contributed by atoms with Gasteiger partial charge in [-0.1, -0.05) is 42.5 Å². The molecule has 0 aliphatic heterocycles. The molecular formula is C27H25NO3. The van der Waals surface area contributed by atoms with E-state index in [1.54, 1.807) is 24.3 Å². The molecule has 0 heterocycles. The topological polar surface area (TPSA) is 49.8 Å². The van der Waals surface area contributed by atoms with Crippen molar-refractivity contribution in [3.63, 3.8) is 0 Å². The second kappa shape index (κ2) is 9.02. The minimum atomic E-state index is -0.0602. The molecule has 0 fully saturated rings. The van der Waals surface area contributed by atoms with E-state index in [9.17, 15) is 9.90 Å². The molecule has 0 aliphatic rings. The summed E-state index contributed by atoms with van der Waals surface area (Å²) in [6.07, 6.45) is 0. The zero-order valence-electron chi connectivity index (χ0n) is 17.7. The van der Waals surface area contributed by atoms with Crippen molar-refractivity contribution < 1.29 is 14.6 Å². The van der Waals surface area contributed by atoms with Crippen molar-refractivity contribution in [1.29, 1.82) is 0 Å². The highest BCUT2D eigenvalue weighted by Gasteiger charge is 2.19. The van der Waals surface area contributed by atoms with E-state index in [1.165, 1.54) is 0 Å². The van der Waals surface area contributed by atoms with Crippen molar-refractivity contribution in [2.24, 2.45) is 0 Å². The zero-order valence-corrected chi connectivity index (χ0v) is 17.7. The first kappa shape index (κ1) is 20.6. The molecule has 31 heavy (non-hydrogen) atoms. The maximum atomic E-state index is 13.6. The first-order valence-corrected chi connectivity index (χ1v) is 10.3. The Hall–Kier alpha value is -3.63. The standard InChI is InChI=1S/C27H25NO3/c1-28(2)16-17-31-23-12-8-20(9-13-23)27(30)26-24(19-6-4-3-5-7-19)14-10-21-18-22(29)11-15-25(21)26/h3-15,18,29H,16-17H2,1-2H3. The number of phenols is 1. The number of nitrogens with zero attached hydrogens (tertiary/aromatic N) is 1. The molecule has 0 unspecified atom stereocenters. The van der Waals surface area contributed by atoms with E-state index in [0.29, 0.717) is 17.7 Å². The van der Waals surface area contributed by atoms with Crippen LogP contribution in [0.4, 0.5) is 0 Å². The van der Waals surface area contributed by atoms with E-state index in [2.05, 4.69) is 4.90 Å². The minimum Gasteiger partial charge on any atom is -0.508 e. The highest BCUT2D eigenvalue weighted by Crippen LogP contribution is 2.34. The maximum Gasteiger partial charge on any atom is 0.194 e. The molecule has 4 rings (SSSR count). The quantitative estimate of drug-likeness (QED) is 0.415. The number of aromatic hydroxyl groups is 1. The van der Waals surface area contributed by atoms with Gasteiger partial charge >= 0.3 is 0 Å². The Bertz CT molecular complexity index is 1200. The van der Waals surface area contributed by atoms with Gasteiger partial charge in [-0.15, -0.1) is 0 Å². The second-order valence-corrected chi connectivity index (χ2v) is 7.76. The van der Waals surface area contributed by atoms with Gasteiger partial charge in [-0.05, 0) is 78.5 Å². The van der Waals surface area contributed by atoms with Gasteiger partial charge in [-0.2, -0.15) is 0 Å². The number of hydrogen-bond donors (Lipinski definition) is 1. The third-order valence-corrected chi connectivity index (χ3v) is 5.24. The highest BCUT2D eigenvalue weighted by atomic mass is 16.5. The maximum absolute atomic E-state index is 13.6. The Morgan fingerprint density at radius 2 is 1.65 bits per heavy atom. The smallest absolute Gasteiger partial charge is 0.194 e. The summed E-state index contributed by atoms with van der Waals surface area (Å²) in [6, 6.07) is 26.2. The molecule has 0 saturated carbocycles. The number of fused-ring (bicyclic) bond motifs is 1. The van der Waals surface area contributed by atoms with Gasteiger partial charge in [-0.3, -0.25) is 4.79 Å². The van der Waals surface area contributed by atoms with Crippen molar-refractivity contribution in [2.75, 3.05) is 27.2 Å². The minimum absolute atomic E-state index is 0.0602. The summed E-state index contributed by atoms with van der Waals surface area (Å²) in [5.41, 5.74) is 3.07. The van der Waals surface area contributed by atoms with Crippen LogP contribution in [-0.2, 0) is 0 Å². The van der Waals surface area contributed by atoms with E-state index >= 15 is 0 Å². The summed E-state index contributed by atoms with van der Waals surface area (Å²) in [5, 5.41) is 11.5. The third kappa shape index (κ3) is 4.60. The Morgan fingerprint density at radius 3 is 2.35 bits per heavy atom. The summed E-state index contributed by atoms with van der Waals surface area (Å²) in [6.45, 7) is 1.41. The van der Waals surface area contributed by atoms with Gasteiger partial charge in [0.1, 0.15) is 18.1 Å². The molecule has 4 heteroatoms. The van der Waals surface area contributed by atoms with Gasteiger partial charge in [0.15, 0.2) is 5.78 Å². The molecule has 0 aliphatic carbocycles. The van der Waals surface area contributed by atoms with Crippen molar-refractivity contribution in [2.45, 2.75) is 0 Å². The largest absolute Gasteiger partial charge is 0.508 e. The van der Waals surface area contributed by atoms with Gasteiger partial charge < -0.3 is 14.7 Å². The number of hydrogen-bond acceptors (Lipinski definition) is 4. The van der Waals surface area contributed by atoms with Crippen LogP contribution in [0, 0.1) is 0 Å². The Labute approximate surface area is 182 Å². The lowest BCUT2D eigenvalue weighted by Gasteiger charge is -2.14. The normalized spacial score (nSPS) is 11.1. The van der Waals surface area contributed by atoms with Crippen LogP contribution in [0.5, 0.6) is 11.5 Å². The van der Waals surface area contributed by atoms with Gasteiger partial charge in [-0.25, -0.2) is 0 Å². The highest BCUT2D eigenvalue weighted by molar-refractivity contribution is 6.20. The lowest BCUT2D eigenvalue weighted by molar-refractivity contribution is 0.104. The van der Waals surface area contributed by atoms with Crippen LogP contribution in [0.2, 0.25) is 0 Å². The van der Waals surface area contributed by atoms with Crippen LogP contribution < -0.4 is 4.74 Å². The van der Waals surface area contributed by atoms with Crippen molar-refractivity contribution in [3.05, 3.63) is 96.1 Å². The predicted molar refractivity (Wildman–Crippen MR) is 125 cm³/mol. The first-order chi connectivity index (χ1) is 15.0. The predicted octanol–water partition coefficient (Wildman–Crippen LogP) is 5.38. The van der Waals surface area contributed by atoms with Crippen LogP contribution in [0.3, 0.4) is 0 Å². The van der Waals surface area contributed by atoms with Gasteiger partial charge in [0.05, 0.1) is 0 Å². The van der Waals surface area contributed by atoms with Gasteiger partial charge in [0.2, 0.25) is 0 Å². The molecule has 0 saturated heterocycles. The van der Waals surface area contributed by atoms with Crippen LogP contribution >= 0.6 is 0 Å². The average Bonchev–Trinajstić information content (AvgIpc) is 2.78. The van der Waals surface area contributed by atoms with Crippen LogP contribution in [0.1, 0.15) is 15.9 Å². The Kier molecular flexibility index (Phi) is 6.01. The number of carbonyl (C=O) groups is 1. The SMILES string of the molecule is CN(C)CCOc1ccc(C(=O)c2c(-c3ccccc3)ccc3cc(O)ccc23)cc1. The van der Waals surface area contributed by atoms with E-state index < -0.39 is 0 Å². The zero-order chi connectivity index (χ0) is 21.8. The molecule has 0 amide bonds. The van der Waals surface area contributed by atoms with E-state index in [-0.39, 0.29) is 11.5 Å². The summed E-state index contributed by atoms with van der Waals surface area (Å²) >= 11 is 0. The number of likely N-dealkylation sites (N-methyl/N-ethyl adjacent to an activating group) is 1. The average molecular weight is 412 g/mol. The Balaban J connectivity index is 1.74. The second-order valence-electron chi connectivity index (χ2n) is 7.76. The van der Waals surface area contributed by atoms with Crippen molar-refractivity contribution in [3.8, 4) is 22.6 Å². The number of carbonyl (C=O) groups excluding carboxylic acids is 1. The summed E-state index contributed by atoms with van der Waals surface area (Å²) in [4.78, 5) is 15.7. The van der Waals surface area contributed by atoms with E-state index in [1.807, 2.05) is 74.8 Å². The summed E-state index contributed by atoms with van der Waals surface area (Å²) < 4.78 is 5.75. The summed E-state index contributed by atoms with van der Waals surface area (Å²) in [7, 11) is 4.00. The molecule has 4 nitrogen and oxygen atoms in total. The first-order valence-electron chi connectivity index (χ1n) is 10.3. The fourth-order valence-corrected chi connectivity index (χ4v) is 3.61.